The topological polar surface area (TPSA) is 113 Å². The highest BCUT2D eigenvalue weighted by Gasteiger charge is 2.44. The second-order valence-corrected chi connectivity index (χ2v) is 10.2. The van der Waals surface area contributed by atoms with Crippen LogP contribution < -0.4 is 19.7 Å². The Labute approximate surface area is 248 Å². The van der Waals surface area contributed by atoms with Crippen LogP contribution in [0.25, 0.3) is 16.8 Å². The molecule has 4 aliphatic heterocycles. The minimum Gasteiger partial charge on any atom is -0.497 e. The van der Waals surface area contributed by atoms with E-state index in [1.807, 2.05) is 4.90 Å². The molecule has 1 aromatic carbocycles. The number of morpholine rings is 1. The number of hydrogen-bond acceptors (Lipinski definition) is 10. The summed E-state index contributed by atoms with van der Waals surface area (Å²) in [6.45, 7) is -1.55. The van der Waals surface area contributed by atoms with E-state index in [4.69, 9.17) is 23.8 Å². The Hall–Kier alpha value is -4.24. The summed E-state index contributed by atoms with van der Waals surface area (Å²) in [5.41, 5.74) is 2.15. The lowest BCUT2D eigenvalue weighted by atomic mass is 9.87. The molecule has 41 heavy (non-hydrogen) atoms. The van der Waals surface area contributed by atoms with Crippen LogP contribution in [0, 0.1) is 11.3 Å². The van der Waals surface area contributed by atoms with Gasteiger partial charge in [-0.15, -0.1) is 0 Å². The minimum atomic E-state index is -2.58. The maximum atomic E-state index is 9.75. The molecule has 4 saturated heterocycles. The summed E-state index contributed by atoms with van der Waals surface area (Å²) >= 11 is 0. The molecule has 11 heteroatoms. The predicted molar refractivity (Wildman–Crippen MR) is 152 cm³/mol. The van der Waals surface area contributed by atoms with Gasteiger partial charge in [-0.1, -0.05) is 12.1 Å². The van der Waals surface area contributed by atoms with Gasteiger partial charge in [0.2, 0.25) is 0 Å². The Balaban J connectivity index is 1.08. The van der Waals surface area contributed by atoms with Gasteiger partial charge in [0.15, 0.2) is 0 Å². The zero-order valence-electron chi connectivity index (χ0n) is 29.0. The van der Waals surface area contributed by atoms with E-state index in [0.717, 1.165) is 6.42 Å². The van der Waals surface area contributed by atoms with Crippen molar-refractivity contribution >= 4 is 11.3 Å². The van der Waals surface area contributed by atoms with Crippen LogP contribution in [0.15, 0.2) is 55.1 Å². The zero-order valence-corrected chi connectivity index (χ0v) is 22.0. The molecule has 4 aromatic rings. The summed E-state index contributed by atoms with van der Waals surface area (Å²) in [6.07, 6.45) is 6.18. The first-order valence-corrected chi connectivity index (χ1v) is 13.4. The summed E-state index contributed by atoms with van der Waals surface area (Å²) in [7, 11) is -2.58. The van der Waals surface area contributed by atoms with Crippen LogP contribution in [0.4, 0.5) is 5.82 Å². The first kappa shape index (κ1) is 19.0. The van der Waals surface area contributed by atoms with Crippen LogP contribution in [-0.4, -0.2) is 89.1 Å². The predicted octanol–water partition coefficient (Wildman–Crippen LogP) is 2.50. The summed E-state index contributed by atoms with van der Waals surface area (Å²) < 4.78 is 74.4. The molecule has 3 atom stereocenters. The van der Waals surface area contributed by atoms with Gasteiger partial charge in [0.1, 0.15) is 36.0 Å². The number of nitriles is 1. The highest BCUT2D eigenvalue weighted by atomic mass is 16.5. The fraction of sp³-hybridized carbons (Fsp3) is 0.400. The second kappa shape index (κ2) is 11.0. The summed E-state index contributed by atoms with van der Waals surface area (Å²) in [5.74, 6) is 0.951. The Bertz CT molecular complexity index is 1830. The van der Waals surface area contributed by atoms with E-state index in [2.05, 4.69) is 31.4 Å². The third-order valence-electron chi connectivity index (χ3n) is 7.60. The highest BCUT2D eigenvalue weighted by Crippen LogP contribution is 2.36. The fourth-order valence-electron chi connectivity index (χ4n) is 5.55. The molecule has 0 spiro atoms. The third-order valence-corrected chi connectivity index (χ3v) is 7.60. The SMILES string of the molecule is [2H]C([2H])([2H])Oc1ccc(C([2H])([2H])N2C3CC2CN(c2cnc(-c4cc(OC([2H])([2H])[C@H]5CNCCO5)cn5ncc(C#N)c45)cn2)C3)cc1. The monoisotopic (exact) mass is 559 g/mol. The van der Waals surface area contributed by atoms with Crippen molar-refractivity contribution < 1.29 is 23.8 Å². The number of aromatic nitrogens is 4. The van der Waals surface area contributed by atoms with Gasteiger partial charge in [0.25, 0.3) is 0 Å². The maximum absolute atomic E-state index is 9.75. The van der Waals surface area contributed by atoms with E-state index in [-0.39, 0.29) is 23.6 Å². The van der Waals surface area contributed by atoms with E-state index >= 15 is 0 Å². The molecular weight excluding hydrogens is 520 g/mol. The fourth-order valence-corrected chi connectivity index (χ4v) is 5.55. The second-order valence-electron chi connectivity index (χ2n) is 10.2. The number of rotatable bonds is 8. The number of nitrogens with zero attached hydrogens (tertiary/aromatic N) is 7. The quantitative estimate of drug-likeness (QED) is 0.346. The number of nitrogens with one attached hydrogen (secondary N) is 1. The number of piperazine rings is 1. The first-order valence-electron chi connectivity index (χ1n) is 16.9. The molecule has 4 aliphatic rings. The van der Waals surface area contributed by atoms with Crippen molar-refractivity contribution in [3.05, 3.63) is 66.2 Å². The molecule has 0 saturated carbocycles. The first-order chi connectivity index (χ1) is 22.8. The van der Waals surface area contributed by atoms with Crippen LogP contribution in [-0.2, 0) is 11.2 Å². The molecule has 4 fully saturated rings. The smallest absolute Gasteiger partial charge is 0.147 e. The average molecular weight is 560 g/mol. The number of piperidine rings is 1. The van der Waals surface area contributed by atoms with Crippen molar-refractivity contribution in [2.75, 3.05) is 51.3 Å². The van der Waals surface area contributed by atoms with Crippen LogP contribution in [0.3, 0.4) is 0 Å². The number of anilines is 1. The molecule has 0 aliphatic carbocycles. The van der Waals surface area contributed by atoms with Gasteiger partial charge < -0.3 is 24.4 Å². The standard InChI is InChI=1S/C30H32N8O3/c1-39-24-4-2-20(3-5-24)15-37-22-8-23(37)17-36(16-22)29-14-33-28(13-34-29)27-9-25(41-19-26-12-32-6-7-40-26)18-38-30(27)21(10-31)11-35-38/h2-5,9,11,13-14,18,22-23,26,32H,6-8,12,15-17,19H2,1H3/t22?,23?,26-/m1/s1/i1D3,15D2,19D2. The van der Waals surface area contributed by atoms with Gasteiger partial charge in [-0.3, -0.25) is 9.88 Å². The van der Waals surface area contributed by atoms with Crippen molar-refractivity contribution in [2.24, 2.45) is 0 Å². The summed E-state index contributed by atoms with van der Waals surface area (Å²) in [4.78, 5) is 13.3. The molecule has 11 nitrogen and oxygen atoms in total. The van der Waals surface area contributed by atoms with Crippen LogP contribution in [0.1, 0.15) is 27.1 Å². The molecule has 2 unspecified atom stereocenters. The Morgan fingerprint density at radius 2 is 2.05 bits per heavy atom. The molecule has 7 heterocycles. The van der Waals surface area contributed by atoms with Gasteiger partial charge in [-0.25, -0.2) is 9.50 Å². The van der Waals surface area contributed by atoms with E-state index < -0.39 is 26.2 Å². The summed E-state index contributed by atoms with van der Waals surface area (Å²) in [5, 5.41) is 17.1. The normalized spacial score (nSPS) is 25.8. The largest absolute Gasteiger partial charge is 0.497 e. The third kappa shape index (κ3) is 5.06. The lowest BCUT2D eigenvalue weighted by molar-refractivity contribution is -0.00870. The molecule has 0 radical (unpaired) electrons. The van der Waals surface area contributed by atoms with Crippen molar-refractivity contribution in [3.63, 3.8) is 0 Å². The van der Waals surface area contributed by atoms with Gasteiger partial charge in [0.05, 0.1) is 62.1 Å². The molecule has 8 rings (SSSR count). The number of methoxy groups -OCH3 is 1. The molecule has 1 N–H and O–H groups in total. The molecular formula is C30H32N8O3. The number of benzene rings is 1. The number of ether oxygens (including phenoxy) is 3. The Morgan fingerprint density at radius 1 is 1.17 bits per heavy atom. The Kier molecular flexibility index (Phi) is 5.08. The lowest BCUT2D eigenvalue weighted by Gasteiger charge is -2.56. The van der Waals surface area contributed by atoms with E-state index in [1.54, 1.807) is 30.6 Å². The van der Waals surface area contributed by atoms with Crippen LogP contribution in [0.2, 0.25) is 0 Å². The van der Waals surface area contributed by atoms with Crippen LogP contribution in [0.5, 0.6) is 11.5 Å². The van der Waals surface area contributed by atoms with Crippen molar-refractivity contribution in [2.45, 2.75) is 31.1 Å². The molecule has 3 aromatic heterocycles. The van der Waals surface area contributed by atoms with E-state index in [1.165, 1.54) is 29.0 Å². The number of fused-ring (bicyclic) bond motifs is 3. The van der Waals surface area contributed by atoms with Gasteiger partial charge in [0, 0.05) is 53.1 Å². The minimum absolute atomic E-state index is 0.0738. The number of hydrogen-bond donors (Lipinski definition) is 1. The Morgan fingerprint density at radius 3 is 2.78 bits per heavy atom. The van der Waals surface area contributed by atoms with Crippen molar-refractivity contribution in [1.29, 1.82) is 5.26 Å². The van der Waals surface area contributed by atoms with Gasteiger partial charge in [-0.05, 0) is 30.2 Å². The number of pyridine rings is 1. The van der Waals surface area contributed by atoms with E-state index in [9.17, 15) is 5.26 Å². The van der Waals surface area contributed by atoms with E-state index in [0.29, 0.717) is 66.5 Å². The summed E-state index contributed by atoms with van der Waals surface area (Å²) in [6, 6.07) is 9.67. The van der Waals surface area contributed by atoms with Crippen LogP contribution >= 0.6 is 0 Å². The van der Waals surface area contributed by atoms with Gasteiger partial charge >= 0.3 is 0 Å². The van der Waals surface area contributed by atoms with Gasteiger partial charge in [-0.2, -0.15) is 10.4 Å². The average Bonchev–Trinajstić information content (AvgIpc) is 3.47. The zero-order chi connectivity index (χ0) is 33.8. The molecule has 210 valence electrons. The van der Waals surface area contributed by atoms with Crippen molar-refractivity contribution in [3.8, 4) is 28.8 Å². The van der Waals surface area contributed by atoms with Crippen molar-refractivity contribution in [1.82, 2.24) is 29.8 Å². The lowest BCUT2D eigenvalue weighted by Crippen LogP contribution is -2.68. The molecule has 2 bridgehead atoms. The maximum Gasteiger partial charge on any atom is 0.147 e. The molecule has 0 amide bonds. The highest BCUT2D eigenvalue weighted by molar-refractivity contribution is 5.83.